The smallest absolute Gasteiger partial charge is 0.138 e. The molecular formula is C10H11ClN2. The Morgan fingerprint density at radius 2 is 2.15 bits per heavy atom. The summed E-state index contributed by atoms with van der Waals surface area (Å²) in [6.07, 6.45) is 1.93. The van der Waals surface area contributed by atoms with Crippen LogP contribution in [0.3, 0.4) is 0 Å². The van der Waals surface area contributed by atoms with E-state index in [1.807, 2.05) is 28.8 Å². The van der Waals surface area contributed by atoms with E-state index in [0.717, 1.165) is 16.5 Å². The van der Waals surface area contributed by atoms with Crippen LogP contribution in [-0.4, -0.2) is 9.38 Å². The Bertz CT molecular complexity index is 431. The molecule has 0 aliphatic rings. The van der Waals surface area contributed by atoms with Gasteiger partial charge in [-0.2, -0.15) is 0 Å². The molecule has 0 radical (unpaired) electrons. The summed E-state index contributed by atoms with van der Waals surface area (Å²) in [6, 6.07) is 5.87. The second-order valence-corrected chi connectivity index (χ2v) is 3.73. The van der Waals surface area contributed by atoms with Crippen LogP contribution in [0.1, 0.15) is 25.5 Å². The van der Waals surface area contributed by atoms with Gasteiger partial charge in [0.25, 0.3) is 0 Å². The number of rotatable bonds is 1. The van der Waals surface area contributed by atoms with Gasteiger partial charge >= 0.3 is 0 Å². The lowest BCUT2D eigenvalue weighted by molar-refractivity contribution is 0.834. The average molecular weight is 195 g/mol. The van der Waals surface area contributed by atoms with E-state index in [0.29, 0.717) is 5.92 Å². The van der Waals surface area contributed by atoms with Crippen molar-refractivity contribution in [1.82, 2.24) is 9.38 Å². The highest BCUT2D eigenvalue weighted by Crippen LogP contribution is 2.24. The zero-order valence-corrected chi connectivity index (χ0v) is 8.42. The summed E-state index contributed by atoms with van der Waals surface area (Å²) in [5.74, 6) is 0.368. The van der Waals surface area contributed by atoms with Crippen molar-refractivity contribution in [3.8, 4) is 0 Å². The van der Waals surface area contributed by atoms with Gasteiger partial charge in [0.05, 0.1) is 5.69 Å². The Morgan fingerprint density at radius 3 is 2.77 bits per heavy atom. The van der Waals surface area contributed by atoms with Gasteiger partial charge in [-0.25, -0.2) is 4.98 Å². The minimum Gasteiger partial charge on any atom is -0.290 e. The summed E-state index contributed by atoms with van der Waals surface area (Å²) in [7, 11) is 0. The molecule has 0 spiro atoms. The third-order valence-electron chi connectivity index (χ3n) is 2.04. The van der Waals surface area contributed by atoms with Crippen LogP contribution in [0.2, 0.25) is 5.15 Å². The van der Waals surface area contributed by atoms with Crippen LogP contribution in [0.15, 0.2) is 24.4 Å². The molecule has 2 aromatic heterocycles. The molecule has 0 unspecified atom stereocenters. The van der Waals surface area contributed by atoms with Crippen LogP contribution in [0.25, 0.3) is 5.65 Å². The molecule has 2 aromatic rings. The quantitative estimate of drug-likeness (QED) is 0.682. The molecule has 13 heavy (non-hydrogen) atoms. The second kappa shape index (κ2) is 3.04. The topological polar surface area (TPSA) is 17.3 Å². The molecule has 0 atom stereocenters. The van der Waals surface area contributed by atoms with Crippen molar-refractivity contribution in [2.24, 2.45) is 0 Å². The van der Waals surface area contributed by atoms with Gasteiger partial charge in [0, 0.05) is 6.20 Å². The van der Waals surface area contributed by atoms with Gasteiger partial charge in [-0.15, -0.1) is 0 Å². The molecule has 0 bridgehead atoms. The van der Waals surface area contributed by atoms with Crippen LogP contribution >= 0.6 is 11.6 Å². The van der Waals surface area contributed by atoms with Crippen LogP contribution in [0.5, 0.6) is 0 Å². The Labute approximate surface area is 82.2 Å². The van der Waals surface area contributed by atoms with Crippen LogP contribution in [-0.2, 0) is 0 Å². The molecule has 2 nitrogen and oxygen atoms in total. The molecule has 0 aromatic carbocycles. The Morgan fingerprint density at radius 1 is 1.38 bits per heavy atom. The zero-order chi connectivity index (χ0) is 9.42. The van der Waals surface area contributed by atoms with Gasteiger partial charge in [-0.3, -0.25) is 4.40 Å². The Kier molecular flexibility index (Phi) is 2.00. The minimum absolute atomic E-state index is 0.368. The van der Waals surface area contributed by atoms with Gasteiger partial charge in [-0.1, -0.05) is 31.5 Å². The molecule has 2 heterocycles. The van der Waals surface area contributed by atoms with Crippen LogP contribution in [0.4, 0.5) is 0 Å². The summed E-state index contributed by atoms with van der Waals surface area (Å²) >= 11 is 6.15. The predicted octanol–water partition coefficient (Wildman–Crippen LogP) is 3.11. The van der Waals surface area contributed by atoms with E-state index in [1.54, 1.807) is 0 Å². The molecule has 0 saturated carbocycles. The van der Waals surface area contributed by atoms with Gasteiger partial charge in [0.15, 0.2) is 0 Å². The fourth-order valence-corrected chi connectivity index (χ4v) is 1.75. The molecule has 0 N–H and O–H groups in total. The summed E-state index contributed by atoms with van der Waals surface area (Å²) in [4.78, 5) is 4.44. The van der Waals surface area contributed by atoms with Crippen molar-refractivity contribution in [3.63, 3.8) is 0 Å². The van der Waals surface area contributed by atoms with E-state index >= 15 is 0 Å². The Balaban J connectivity index is 2.74. The van der Waals surface area contributed by atoms with Gasteiger partial charge in [-0.05, 0) is 18.1 Å². The molecule has 0 amide bonds. The summed E-state index contributed by atoms with van der Waals surface area (Å²) in [6.45, 7) is 4.18. The van der Waals surface area contributed by atoms with E-state index in [2.05, 4.69) is 18.8 Å². The van der Waals surface area contributed by atoms with Gasteiger partial charge in [0.1, 0.15) is 10.8 Å². The van der Waals surface area contributed by atoms with Crippen molar-refractivity contribution < 1.29 is 0 Å². The van der Waals surface area contributed by atoms with Crippen molar-refractivity contribution in [3.05, 3.63) is 35.2 Å². The maximum atomic E-state index is 6.15. The lowest BCUT2D eigenvalue weighted by atomic mass is 10.2. The monoisotopic (exact) mass is 194 g/mol. The highest BCUT2D eigenvalue weighted by Gasteiger charge is 2.11. The average Bonchev–Trinajstić information content (AvgIpc) is 2.45. The first-order chi connectivity index (χ1) is 6.20. The number of halogens is 1. The first kappa shape index (κ1) is 8.57. The largest absolute Gasteiger partial charge is 0.290 e. The molecule has 68 valence electrons. The minimum atomic E-state index is 0.368. The highest BCUT2D eigenvalue weighted by molar-refractivity contribution is 6.30. The summed E-state index contributed by atoms with van der Waals surface area (Å²) in [5.41, 5.74) is 1.88. The first-order valence-electron chi connectivity index (χ1n) is 4.32. The summed E-state index contributed by atoms with van der Waals surface area (Å²) < 4.78 is 1.90. The first-order valence-corrected chi connectivity index (χ1v) is 4.70. The van der Waals surface area contributed by atoms with Gasteiger partial charge < -0.3 is 0 Å². The van der Waals surface area contributed by atoms with Gasteiger partial charge in [0.2, 0.25) is 0 Å². The second-order valence-electron chi connectivity index (χ2n) is 3.37. The van der Waals surface area contributed by atoms with Crippen LogP contribution in [0, 0.1) is 0 Å². The van der Waals surface area contributed by atoms with Crippen molar-refractivity contribution in [2.75, 3.05) is 0 Å². The van der Waals surface area contributed by atoms with Crippen LogP contribution < -0.4 is 0 Å². The fourth-order valence-electron chi connectivity index (χ4n) is 1.35. The highest BCUT2D eigenvalue weighted by atomic mass is 35.5. The van der Waals surface area contributed by atoms with E-state index in [1.165, 1.54) is 0 Å². The van der Waals surface area contributed by atoms with E-state index in [9.17, 15) is 0 Å². The zero-order valence-electron chi connectivity index (χ0n) is 7.66. The maximum absolute atomic E-state index is 6.15. The van der Waals surface area contributed by atoms with Crippen molar-refractivity contribution in [1.29, 1.82) is 0 Å². The number of imidazole rings is 1. The molecule has 0 fully saturated rings. The molecule has 0 aliphatic heterocycles. The molecule has 2 rings (SSSR count). The lowest BCUT2D eigenvalue weighted by Crippen LogP contribution is -1.87. The lowest BCUT2D eigenvalue weighted by Gasteiger charge is -1.98. The molecule has 0 saturated heterocycles. The number of hydrogen-bond donors (Lipinski definition) is 0. The normalized spacial score (nSPS) is 11.4. The van der Waals surface area contributed by atoms with E-state index in [4.69, 9.17) is 11.6 Å². The van der Waals surface area contributed by atoms with Crippen molar-refractivity contribution in [2.45, 2.75) is 19.8 Å². The van der Waals surface area contributed by atoms with E-state index in [-0.39, 0.29) is 0 Å². The molecule has 0 aliphatic carbocycles. The maximum Gasteiger partial charge on any atom is 0.138 e. The standard InChI is InChI=1S/C10H11ClN2/c1-7(2)9-10(11)13-6-4-3-5-8(13)12-9/h3-7H,1-2H3. The number of aromatic nitrogens is 2. The van der Waals surface area contributed by atoms with Crippen molar-refractivity contribution >= 4 is 17.2 Å². The predicted molar refractivity (Wildman–Crippen MR) is 54.3 cm³/mol. The third-order valence-corrected chi connectivity index (χ3v) is 2.42. The summed E-state index contributed by atoms with van der Waals surface area (Å²) in [5, 5.41) is 0.727. The Hall–Kier alpha value is -1.02. The fraction of sp³-hybridized carbons (Fsp3) is 0.300. The molecule has 3 heteroatoms. The number of nitrogens with zero attached hydrogens (tertiary/aromatic N) is 2. The number of fused-ring (bicyclic) bond motifs is 1. The third kappa shape index (κ3) is 1.31. The van der Waals surface area contributed by atoms with E-state index < -0.39 is 0 Å². The SMILES string of the molecule is CC(C)c1nc2ccccn2c1Cl. The number of hydrogen-bond acceptors (Lipinski definition) is 1. The number of pyridine rings is 1. The molecular weight excluding hydrogens is 184 g/mol.